The number of nitrogens with zero attached hydrogens (tertiary/aromatic N) is 2. The van der Waals surface area contributed by atoms with Crippen LogP contribution in [-0.4, -0.2) is 44.2 Å². The summed E-state index contributed by atoms with van der Waals surface area (Å²) in [5.74, 6) is 0.677. The van der Waals surface area contributed by atoms with Crippen LogP contribution in [0.3, 0.4) is 0 Å². The highest BCUT2D eigenvalue weighted by molar-refractivity contribution is 7.81. The molecule has 30 heavy (non-hydrogen) atoms. The van der Waals surface area contributed by atoms with Crippen molar-refractivity contribution in [1.29, 1.82) is 0 Å². The molecule has 0 aromatic heterocycles. The van der Waals surface area contributed by atoms with Crippen LogP contribution >= 0.6 is 11.6 Å². The smallest absolute Gasteiger partial charge is 0.229 e. The van der Waals surface area contributed by atoms with Gasteiger partial charge in [-0.1, -0.05) is 36.7 Å². The van der Waals surface area contributed by atoms with Crippen LogP contribution in [0.5, 0.6) is 0 Å². The van der Waals surface area contributed by atoms with Gasteiger partial charge < -0.3 is 4.90 Å². The van der Waals surface area contributed by atoms with Gasteiger partial charge in [0.25, 0.3) is 0 Å². The molecular formula is C24H35ClN2O2S. The van der Waals surface area contributed by atoms with E-state index in [-0.39, 0.29) is 24.0 Å². The van der Waals surface area contributed by atoms with Gasteiger partial charge in [0, 0.05) is 29.9 Å². The Labute approximate surface area is 189 Å². The lowest BCUT2D eigenvalue weighted by Crippen LogP contribution is -2.57. The standard InChI is InChI=1S/C24H35ClN2O2S/c1-6-14-24(4)15-13-21(18-9-11-20(25)12-10-18)27(23(24)28)22(19-7-8-19)16-26(17(2)3)30(5)29/h6,9-12,17,19,21-22H,1,7-8,13-16H2,2-5H3/t21-,22?,24-,30?/m0/s1. The van der Waals surface area contributed by atoms with E-state index in [0.29, 0.717) is 23.9 Å². The lowest BCUT2D eigenvalue weighted by Gasteiger charge is -2.49. The second-order valence-corrected chi connectivity index (χ2v) is 11.1. The summed E-state index contributed by atoms with van der Waals surface area (Å²) in [6.45, 7) is 10.8. The summed E-state index contributed by atoms with van der Waals surface area (Å²) < 4.78 is 14.5. The zero-order chi connectivity index (χ0) is 22.1. The van der Waals surface area contributed by atoms with Crippen molar-refractivity contribution in [3.63, 3.8) is 0 Å². The molecule has 1 aromatic rings. The number of allylic oxidation sites excluding steroid dienone is 1. The molecular weight excluding hydrogens is 416 g/mol. The Morgan fingerprint density at radius 3 is 2.43 bits per heavy atom. The van der Waals surface area contributed by atoms with Gasteiger partial charge in [0.2, 0.25) is 5.91 Å². The fourth-order valence-corrected chi connectivity index (χ4v) is 5.88. The van der Waals surface area contributed by atoms with Crippen molar-refractivity contribution in [1.82, 2.24) is 9.21 Å². The van der Waals surface area contributed by atoms with Crippen LogP contribution in [0.1, 0.15) is 64.5 Å². The van der Waals surface area contributed by atoms with Crippen molar-refractivity contribution in [2.45, 2.75) is 71.0 Å². The van der Waals surface area contributed by atoms with E-state index >= 15 is 0 Å². The van der Waals surface area contributed by atoms with Crippen molar-refractivity contribution in [2.24, 2.45) is 11.3 Å². The molecule has 1 saturated carbocycles. The average molecular weight is 451 g/mol. The summed E-state index contributed by atoms with van der Waals surface area (Å²) in [7, 11) is -1.08. The molecule has 1 aliphatic carbocycles. The van der Waals surface area contributed by atoms with Crippen molar-refractivity contribution in [2.75, 3.05) is 12.8 Å². The molecule has 4 atom stereocenters. The molecule has 3 rings (SSSR count). The Hall–Kier alpha value is -1.17. The van der Waals surface area contributed by atoms with Gasteiger partial charge in [-0.25, -0.2) is 8.51 Å². The number of hydrogen-bond donors (Lipinski definition) is 0. The second-order valence-electron chi connectivity index (χ2n) is 9.39. The van der Waals surface area contributed by atoms with Gasteiger partial charge >= 0.3 is 0 Å². The summed E-state index contributed by atoms with van der Waals surface area (Å²) in [4.78, 5) is 16.1. The topological polar surface area (TPSA) is 40.6 Å². The number of piperidine rings is 1. The van der Waals surface area contributed by atoms with Crippen LogP contribution in [0.4, 0.5) is 0 Å². The minimum absolute atomic E-state index is 0.0255. The molecule has 0 radical (unpaired) electrons. The third kappa shape index (κ3) is 5.00. The van der Waals surface area contributed by atoms with Gasteiger partial charge in [0.15, 0.2) is 0 Å². The van der Waals surface area contributed by atoms with E-state index in [2.05, 4.69) is 32.3 Å². The maximum Gasteiger partial charge on any atom is 0.229 e. The molecule has 1 heterocycles. The van der Waals surface area contributed by atoms with Gasteiger partial charge in [0.1, 0.15) is 0 Å². The fourth-order valence-electron chi connectivity index (χ4n) is 4.80. The Balaban J connectivity index is 2.01. The molecule has 6 heteroatoms. The third-order valence-electron chi connectivity index (χ3n) is 6.70. The highest BCUT2D eigenvalue weighted by atomic mass is 35.5. The fraction of sp³-hybridized carbons (Fsp3) is 0.625. The highest BCUT2D eigenvalue weighted by Crippen LogP contribution is 2.48. The van der Waals surface area contributed by atoms with Gasteiger partial charge in [-0.05, 0) is 69.6 Å². The quantitative estimate of drug-likeness (QED) is 0.474. The molecule has 0 bridgehead atoms. The maximum atomic E-state index is 13.9. The molecule has 166 valence electrons. The molecule has 1 amide bonds. The monoisotopic (exact) mass is 450 g/mol. The minimum atomic E-state index is -1.08. The molecule has 1 saturated heterocycles. The maximum absolute atomic E-state index is 13.9. The summed E-state index contributed by atoms with van der Waals surface area (Å²) in [5, 5.41) is 0.704. The Morgan fingerprint density at radius 1 is 1.30 bits per heavy atom. The Bertz CT molecular complexity index is 793. The number of carbonyl (C=O) groups excluding carboxylic acids is 1. The summed E-state index contributed by atoms with van der Waals surface area (Å²) >= 11 is 6.13. The first kappa shape index (κ1) is 23.5. The van der Waals surface area contributed by atoms with Crippen LogP contribution in [0.25, 0.3) is 0 Å². The number of benzene rings is 1. The largest absolute Gasteiger partial charge is 0.331 e. The normalized spacial score (nSPS) is 26.8. The van der Waals surface area contributed by atoms with Crippen molar-refractivity contribution < 1.29 is 9.00 Å². The summed E-state index contributed by atoms with van der Waals surface area (Å²) in [6, 6.07) is 8.16. The summed E-state index contributed by atoms with van der Waals surface area (Å²) in [5.41, 5.74) is 0.707. The molecule has 4 nitrogen and oxygen atoms in total. The lowest BCUT2D eigenvalue weighted by molar-refractivity contribution is -0.154. The number of hydrogen-bond acceptors (Lipinski definition) is 2. The van der Waals surface area contributed by atoms with E-state index in [9.17, 15) is 9.00 Å². The van der Waals surface area contributed by atoms with Crippen LogP contribution in [0, 0.1) is 11.3 Å². The number of rotatable bonds is 9. The van der Waals surface area contributed by atoms with Gasteiger partial charge in [-0.3, -0.25) is 4.79 Å². The third-order valence-corrected chi connectivity index (χ3v) is 8.19. The first-order valence-corrected chi connectivity index (χ1v) is 12.9. The van der Waals surface area contributed by atoms with Crippen molar-refractivity contribution >= 4 is 28.5 Å². The zero-order valence-corrected chi connectivity index (χ0v) is 20.2. The molecule has 1 aromatic carbocycles. The number of amides is 1. The van der Waals surface area contributed by atoms with Crippen LogP contribution in [0.2, 0.25) is 5.02 Å². The van der Waals surface area contributed by atoms with E-state index in [0.717, 1.165) is 31.2 Å². The zero-order valence-electron chi connectivity index (χ0n) is 18.6. The lowest BCUT2D eigenvalue weighted by atomic mass is 9.74. The van der Waals surface area contributed by atoms with E-state index in [1.54, 1.807) is 6.26 Å². The molecule has 0 spiro atoms. The Kier molecular flexibility index (Phi) is 7.47. The summed E-state index contributed by atoms with van der Waals surface area (Å²) in [6.07, 6.45) is 8.29. The van der Waals surface area contributed by atoms with Gasteiger partial charge in [0.05, 0.1) is 22.4 Å². The first-order valence-electron chi connectivity index (χ1n) is 11.0. The average Bonchev–Trinajstić information content (AvgIpc) is 3.51. The predicted molar refractivity (Wildman–Crippen MR) is 126 cm³/mol. The molecule has 2 unspecified atom stereocenters. The first-order chi connectivity index (χ1) is 14.2. The Morgan fingerprint density at radius 2 is 1.93 bits per heavy atom. The van der Waals surface area contributed by atoms with Crippen LogP contribution in [0.15, 0.2) is 36.9 Å². The number of carbonyl (C=O) groups is 1. The van der Waals surface area contributed by atoms with Gasteiger partial charge in [-0.2, -0.15) is 0 Å². The van der Waals surface area contributed by atoms with Crippen molar-refractivity contribution in [3.05, 3.63) is 47.5 Å². The number of likely N-dealkylation sites (tertiary alicyclic amines) is 1. The van der Waals surface area contributed by atoms with E-state index in [4.69, 9.17) is 11.6 Å². The van der Waals surface area contributed by atoms with Crippen LogP contribution in [-0.2, 0) is 15.8 Å². The molecule has 1 aliphatic heterocycles. The second kappa shape index (κ2) is 9.54. The minimum Gasteiger partial charge on any atom is -0.331 e. The molecule has 0 N–H and O–H groups in total. The van der Waals surface area contributed by atoms with Gasteiger partial charge in [-0.15, -0.1) is 6.58 Å². The predicted octanol–water partition coefficient (Wildman–Crippen LogP) is 5.37. The van der Waals surface area contributed by atoms with Crippen LogP contribution < -0.4 is 0 Å². The number of halogens is 1. The SMILES string of the molecule is C=CC[C@@]1(C)CC[C@@H](c2ccc(Cl)cc2)N(C(CN(C(C)C)S(C)=O)C2CC2)C1=O. The van der Waals surface area contributed by atoms with Crippen molar-refractivity contribution in [3.8, 4) is 0 Å². The highest BCUT2D eigenvalue weighted by Gasteiger charge is 2.49. The molecule has 2 aliphatic rings. The van der Waals surface area contributed by atoms with E-state index in [1.807, 2.05) is 34.6 Å². The van der Waals surface area contributed by atoms with E-state index in [1.165, 1.54) is 0 Å². The molecule has 2 fully saturated rings. The van der Waals surface area contributed by atoms with E-state index < -0.39 is 16.4 Å².